The van der Waals surface area contributed by atoms with Crippen molar-refractivity contribution in [3.05, 3.63) is 29.8 Å². The number of nitrogens with one attached hydrogen (secondary N) is 2. The summed E-state index contributed by atoms with van der Waals surface area (Å²) in [5, 5.41) is 7.25. The third-order valence-corrected chi connectivity index (χ3v) is 8.18. The molecule has 0 amide bonds. The van der Waals surface area contributed by atoms with Crippen molar-refractivity contribution in [1.82, 2.24) is 5.32 Å². The summed E-state index contributed by atoms with van der Waals surface area (Å²) < 4.78 is 29.9. The van der Waals surface area contributed by atoms with Crippen LogP contribution in [-0.4, -0.2) is 45.0 Å². The molecule has 1 saturated carbocycles. The third kappa shape index (κ3) is 5.59. The topological polar surface area (TPSA) is 67.4 Å². The molecule has 3 rings (SSSR count). The maximum Gasteiger partial charge on any atom is 0.159 e. The van der Waals surface area contributed by atoms with Gasteiger partial charge in [0.2, 0.25) is 0 Å². The highest BCUT2D eigenvalue weighted by atomic mass is 35.5. The van der Waals surface area contributed by atoms with Gasteiger partial charge in [0, 0.05) is 24.3 Å². The van der Waals surface area contributed by atoms with E-state index < -0.39 is 14.6 Å². The molecule has 2 N–H and O–H groups in total. The molecule has 0 spiro atoms. The SMILES string of the molecule is CC(C)(C)S(=O)(=O)Cc1cccc(NC2CCCC2C2COCCN2)c1.Cl. The molecule has 1 aromatic rings. The predicted octanol–water partition coefficient (Wildman–Crippen LogP) is 3.39. The van der Waals surface area contributed by atoms with E-state index in [0.717, 1.165) is 37.4 Å². The van der Waals surface area contributed by atoms with E-state index in [1.54, 1.807) is 20.8 Å². The first-order valence-corrected chi connectivity index (χ1v) is 11.3. The number of rotatable bonds is 5. The highest BCUT2D eigenvalue weighted by Crippen LogP contribution is 2.32. The fourth-order valence-corrected chi connectivity index (χ4v) is 4.96. The molecular weight excluding hydrogens is 384 g/mol. The molecule has 3 unspecified atom stereocenters. The van der Waals surface area contributed by atoms with Crippen LogP contribution in [0, 0.1) is 5.92 Å². The van der Waals surface area contributed by atoms with Crippen LogP contribution in [0.25, 0.3) is 0 Å². The van der Waals surface area contributed by atoms with E-state index in [4.69, 9.17) is 4.74 Å². The molecule has 0 bridgehead atoms. The number of sulfone groups is 1. The molecule has 1 aliphatic heterocycles. The van der Waals surface area contributed by atoms with Gasteiger partial charge in [0.1, 0.15) is 0 Å². The normalized spacial score (nSPS) is 26.4. The van der Waals surface area contributed by atoms with Crippen LogP contribution >= 0.6 is 12.4 Å². The summed E-state index contributed by atoms with van der Waals surface area (Å²) in [7, 11) is -3.18. The molecule has 1 saturated heterocycles. The molecule has 1 aliphatic carbocycles. The van der Waals surface area contributed by atoms with Crippen molar-refractivity contribution >= 4 is 27.9 Å². The lowest BCUT2D eigenvalue weighted by atomic mass is 9.93. The van der Waals surface area contributed by atoms with Gasteiger partial charge in [0.05, 0.1) is 23.7 Å². The minimum atomic E-state index is -3.18. The number of halogens is 1. The van der Waals surface area contributed by atoms with Gasteiger partial charge in [-0.05, 0) is 57.2 Å². The second kappa shape index (κ2) is 9.12. The first kappa shape index (κ1) is 22.5. The highest BCUT2D eigenvalue weighted by Gasteiger charge is 2.35. The molecule has 2 fully saturated rings. The Balaban J connectivity index is 0.00000261. The molecular formula is C20H33ClN2O3S. The Labute approximate surface area is 170 Å². The molecule has 154 valence electrons. The number of hydrogen-bond donors (Lipinski definition) is 2. The van der Waals surface area contributed by atoms with Gasteiger partial charge in [0.15, 0.2) is 9.84 Å². The minimum Gasteiger partial charge on any atom is -0.382 e. The number of morpholine rings is 1. The largest absolute Gasteiger partial charge is 0.382 e. The zero-order valence-electron chi connectivity index (χ0n) is 16.5. The van der Waals surface area contributed by atoms with Crippen LogP contribution in [0.4, 0.5) is 5.69 Å². The zero-order chi connectivity index (χ0) is 18.8. The molecule has 1 aromatic carbocycles. The summed E-state index contributed by atoms with van der Waals surface area (Å²) in [4.78, 5) is 0. The van der Waals surface area contributed by atoms with Crippen LogP contribution in [0.1, 0.15) is 45.6 Å². The molecule has 5 nitrogen and oxygen atoms in total. The van der Waals surface area contributed by atoms with Crippen LogP contribution in [-0.2, 0) is 20.3 Å². The Morgan fingerprint density at radius 3 is 2.70 bits per heavy atom. The van der Waals surface area contributed by atoms with Crippen LogP contribution in [0.3, 0.4) is 0 Å². The Kier molecular flexibility index (Phi) is 7.59. The maximum absolute atomic E-state index is 12.5. The van der Waals surface area contributed by atoms with Crippen molar-refractivity contribution in [2.45, 2.75) is 62.6 Å². The summed E-state index contributed by atoms with van der Waals surface area (Å²) in [6.07, 6.45) is 3.57. The van der Waals surface area contributed by atoms with Gasteiger partial charge in [-0.1, -0.05) is 18.6 Å². The molecule has 3 atom stereocenters. The van der Waals surface area contributed by atoms with E-state index >= 15 is 0 Å². The maximum atomic E-state index is 12.5. The second-order valence-electron chi connectivity index (χ2n) is 8.55. The summed E-state index contributed by atoms with van der Waals surface area (Å²) in [5.41, 5.74) is 1.86. The van der Waals surface area contributed by atoms with Gasteiger partial charge in [-0.3, -0.25) is 0 Å². The van der Waals surface area contributed by atoms with Gasteiger partial charge in [-0.15, -0.1) is 12.4 Å². The lowest BCUT2D eigenvalue weighted by Crippen LogP contribution is -2.49. The van der Waals surface area contributed by atoms with Crippen LogP contribution < -0.4 is 10.6 Å². The van der Waals surface area contributed by atoms with Gasteiger partial charge in [0.25, 0.3) is 0 Å². The van der Waals surface area contributed by atoms with E-state index in [0.29, 0.717) is 18.0 Å². The number of ether oxygens (including phenoxy) is 1. The first-order valence-electron chi connectivity index (χ1n) is 9.65. The van der Waals surface area contributed by atoms with Crippen LogP contribution in [0.5, 0.6) is 0 Å². The summed E-state index contributed by atoms with van der Waals surface area (Å²) in [5.74, 6) is 0.635. The zero-order valence-corrected chi connectivity index (χ0v) is 18.2. The molecule has 0 aromatic heterocycles. The van der Waals surface area contributed by atoms with E-state index in [-0.39, 0.29) is 18.2 Å². The van der Waals surface area contributed by atoms with Gasteiger partial charge >= 0.3 is 0 Å². The summed E-state index contributed by atoms with van der Waals surface area (Å²) in [6, 6.07) is 8.69. The second-order valence-corrected chi connectivity index (χ2v) is 11.3. The molecule has 2 aliphatic rings. The van der Waals surface area contributed by atoms with Crippen molar-refractivity contribution in [2.24, 2.45) is 5.92 Å². The lowest BCUT2D eigenvalue weighted by molar-refractivity contribution is 0.0559. The average molecular weight is 417 g/mol. The van der Waals surface area contributed by atoms with E-state index in [9.17, 15) is 8.42 Å². The van der Waals surface area contributed by atoms with Gasteiger partial charge in [-0.25, -0.2) is 8.42 Å². The number of anilines is 1. The quantitative estimate of drug-likeness (QED) is 0.770. The average Bonchev–Trinajstić information content (AvgIpc) is 3.02. The van der Waals surface area contributed by atoms with E-state index in [1.165, 1.54) is 12.8 Å². The fourth-order valence-electron chi connectivity index (χ4n) is 3.91. The summed E-state index contributed by atoms with van der Waals surface area (Å²) >= 11 is 0. The highest BCUT2D eigenvalue weighted by molar-refractivity contribution is 7.91. The smallest absolute Gasteiger partial charge is 0.159 e. The fraction of sp³-hybridized carbons (Fsp3) is 0.700. The monoisotopic (exact) mass is 416 g/mol. The van der Waals surface area contributed by atoms with Crippen molar-refractivity contribution < 1.29 is 13.2 Å². The third-order valence-electron chi connectivity index (χ3n) is 5.61. The van der Waals surface area contributed by atoms with Crippen molar-refractivity contribution in [3.63, 3.8) is 0 Å². The number of hydrogen-bond acceptors (Lipinski definition) is 5. The lowest BCUT2D eigenvalue weighted by Gasteiger charge is -2.33. The Bertz CT molecular complexity index is 712. The van der Waals surface area contributed by atoms with Gasteiger partial charge in [-0.2, -0.15) is 0 Å². The van der Waals surface area contributed by atoms with E-state index in [2.05, 4.69) is 10.6 Å². The standard InChI is InChI=1S/C20H32N2O3S.ClH/c1-20(2,3)26(23,24)14-15-6-4-7-16(12-15)22-18-9-5-8-17(18)19-13-25-11-10-21-19;/h4,6-7,12,17-19,21-22H,5,8-11,13-14H2,1-3H3;1H. The molecule has 1 heterocycles. The first-order chi connectivity index (χ1) is 12.3. The van der Waals surface area contributed by atoms with E-state index in [1.807, 2.05) is 24.3 Å². The minimum absolute atomic E-state index is 0. The molecule has 0 radical (unpaired) electrons. The van der Waals surface area contributed by atoms with Crippen molar-refractivity contribution in [3.8, 4) is 0 Å². The molecule has 7 heteroatoms. The predicted molar refractivity (Wildman–Crippen MR) is 113 cm³/mol. The van der Waals surface area contributed by atoms with Crippen LogP contribution in [0.2, 0.25) is 0 Å². The summed E-state index contributed by atoms with van der Waals surface area (Å²) in [6.45, 7) is 7.78. The van der Waals surface area contributed by atoms with Crippen LogP contribution in [0.15, 0.2) is 24.3 Å². The van der Waals surface area contributed by atoms with Crippen molar-refractivity contribution in [1.29, 1.82) is 0 Å². The Hall–Kier alpha value is -0.820. The Morgan fingerprint density at radius 2 is 2.04 bits per heavy atom. The Morgan fingerprint density at radius 1 is 1.26 bits per heavy atom. The van der Waals surface area contributed by atoms with Crippen molar-refractivity contribution in [2.75, 3.05) is 25.1 Å². The van der Waals surface area contributed by atoms with Gasteiger partial charge < -0.3 is 15.4 Å². The molecule has 27 heavy (non-hydrogen) atoms. The number of benzene rings is 1.